The molecule has 0 bridgehead atoms. The minimum Gasteiger partial charge on any atom is -0.387 e. The molecule has 2 N–H and O–H groups in total. The van der Waals surface area contributed by atoms with Gasteiger partial charge in [-0.1, -0.05) is 23.2 Å². The number of carbonyl (C=O) groups is 1. The van der Waals surface area contributed by atoms with E-state index in [4.69, 9.17) is 33.2 Å². The van der Waals surface area contributed by atoms with Gasteiger partial charge in [0.15, 0.2) is 0 Å². The fraction of sp³-hybridized carbons (Fsp3) is 0.231. The van der Waals surface area contributed by atoms with Crippen LogP contribution in [0.4, 0.5) is 5.69 Å². The van der Waals surface area contributed by atoms with Crippen molar-refractivity contribution < 1.29 is 9.53 Å². The van der Waals surface area contributed by atoms with E-state index in [9.17, 15) is 4.79 Å². The van der Waals surface area contributed by atoms with Crippen LogP contribution in [0, 0.1) is 11.3 Å². The van der Waals surface area contributed by atoms with E-state index in [1.807, 2.05) is 0 Å². The lowest BCUT2D eigenvalue weighted by atomic mass is 10.2. The van der Waals surface area contributed by atoms with E-state index < -0.39 is 5.91 Å². The molecule has 0 saturated heterocycles. The number of amides is 1. The van der Waals surface area contributed by atoms with Crippen LogP contribution in [0.2, 0.25) is 10.0 Å². The number of rotatable bonds is 6. The highest BCUT2D eigenvalue weighted by atomic mass is 35.5. The van der Waals surface area contributed by atoms with Gasteiger partial charge < -0.3 is 15.4 Å². The Hall–Kier alpha value is -1.74. The summed E-state index contributed by atoms with van der Waals surface area (Å²) in [5.74, 6) is -0.554. The van der Waals surface area contributed by atoms with Gasteiger partial charge in [-0.25, -0.2) is 0 Å². The Morgan fingerprint density at radius 3 is 2.85 bits per heavy atom. The number of methoxy groups -OCH3 is 1. The molecule has 1 amide bonds. The van der Waals surface area contributed by atoms with Crippen molar-refractivity contribution in [2.75, 3.05) is 25.6 Å². The summed E-state index contributed by atoms with van der Waals surface area (Å²) in [6.07, 6.45) is 1.33. The zero-order chi connectivity index (χ0) is 15.0. The van der Waals surface area contributed by atoms with Crippen molar-refractivity contribution in [3.05, 3.63) is 40.0 Å². The lowest BCUT2D eigenvalue weighted by Gasteiger charge is -2.07. The first kappa shape index (κ1) is 16.3. The third kappa shape index (κ3) is 5.10. The van der Waals surface area contributed by atoms with Crippen LogP contribution in [0.5, 0.6) is 0 Å². The van der Waals surface area contributed by atoms with Gasteiger partial charge in [0, 0.05) is 24.9 Å². The van der Waals surface area contributed by atoms with Crippen LogP contribution in [0.15, 0.2) is 30.0 Å². The highest BCUT2D eigenvalue weighted by Crippen LogP contribution is 2.25. The summed E-state index contributed by atoms with van der Waals surface area (Å²) in [5, 5.41) is 15.0. The molecule has 1 aromatic carbocycles. The van der Waals surface area contributed by atoms with Gasteiger partial charge in [-0.15, -0.1) is 0 Å². The lowest BCUT2D eigenvalue weighted by molar-refractivity contribution is -0.112. The number of nitrogens with zero attached hydrogens (tertiary/aromatic N) is 1. The van der Waals surface area contributed by atoms with Crippen LogP contribution < -0.4 is 10.6 Å². The van der Waals surface area contributed by atoms with Crippen LogP contribution >= 0.6 is 23.2 Å². The predicted octanol–water partition coefficient (Wildman–Crippen LogP) is 2.58. The maximum Gasteiger partial charge on any atom is 0.267 e. The number of carbonyl (C=O) groups excluding carboxylic acids is 1. The number of ether oxygens (including phenoxy) is 1. The molecule has 0 unspecified atom stereocenters. The van der Waals surface area contributed by atoms with Crippen molar-refractivity contribution >= 4 is 34.8 Å². The fourth-order valence-corrected chi connectivity index (χ4v) is 1.72. The Morgan fingerprint density at radius 2 is 2.25 bits per heavy atom. The Morgan fingerprint density at radius 1 is 1.50 bits per heavy atom. The lowest BCUT2D eigenvalue weighted by Crippen LogP contribution is -2.18. The molecule has 1 aromatic rings. The van der Waals surface area contributed by atoms with Gasteiger partial charge in [-0.2, -0.15) is 5.26 Å². The number of nitriles is 1. The SMILES string of the molecule is COCCN/C=C(/C#N)C(=O)Nc1ccc(Cl)cc1Cl. The van der Waals surface area contributed by atoms with E-state index in [1.54, 1.807) is 25.3 Å². The first-order valence-corrected chi connectivity index (χ1v) is 6.43. The highest BCUT2D eigenvalue weighted by Gasteiger charge is 2.11. The number of benzene rings is 1. The Labute approximate surface area is 127 Å². The van der Waals surface area contributed by atoms with Gasteiger partial charge in [0.05, 0.1) is 17.3 Å². The molecule has 0 atom stereocenters. The summed E-state index contributed by atoms with van der Waals surface area (Å²) in [6.45, 7) is 0.969. The predicted molar refractivity (Wildman–Crippen MR) is 78.7 cm³/mol. The number of halogens is 2. The molecule has 0 saturated carbocycles. The van der Waals surface area contributed by atoms with E-state index in [0.717, 1.165) is 0 Å². The molecule has 7 heteroatoms. The molecule has 0 aliphatic carbocycles. The monoisotopic (exact) mass is 313 g/mol. The zero-order valence-electron chi connectivity index (χ0n) is 10.7. The second kappa shape index (κ2) is 8.43. The van der Waals surface area contributed by atoms with E-state index in [2.05, 4.69) is 10.6 Å². The second-order valence-corrected chi connectivity index (χ2v) is 4.54. The average molecular weight is 314 g/mol. The van der Waals surface area contributed by atoms with Gasteiger partial charge in [-0.05, 0) is 18.2 Å². The van der Waals surface area contributed by atoms with Crippen molar-refractivity contribution in [3.63, 3.8) is 0 Å². The van der Waals surface area contributed by atoms with E-state index in [-0.39, 0.29) is 5.57 Å². The third-order valence-corrected chi connectivity index (χ3v) is 2.79. The van der Waals surface area contributed by atoms with Crippen molar-refractivity contribution in [3.8, 4) is 6.07 Å². The molecule has 106 valence electrons. The molecular weight excluding hydrogens is 301 g/mol. The summed E-state index contributed by atoms with van der Waals surface area (Å²) in [5.41, 5.74) is 0.325. The van der Waals surface area contributed by atoms with Crippen molar-refractivity contribution in [2.24, 2.45) is 0 Å². The molecule has 0 fully saturated rings. The maximum absolute atomic E-state index is 11.9. The summed E-state index contributed by atoms with van der Waals surface area (Å²) >= 11 is 11.7. The molecule has 0 aromatic heterocycles. The summed E-state index contributed by atoms with van der Waals surface area (Å²) in [7, 11) is 1.56. The first-order valence-electron chi connectivity index (χ1n) is 5.67. The fourth-order valence-electron chi connectivity index (χ4n) is 1.26. The van der Waals surface area contributed by atoms with E-state index in [1.165, 1.54) is 12.3 Å². The number of nitrogens with one attached hydrogen (secondary N) is 2. The third-order valence-electron chi connectivity index (χ3n) is 2.24. The minimum absolute atomic E-state index is 0.0629. The van der Waals surface area contributed by atoms with E-state index >= 15 is 0 Å². The molecule has 0 spiro atoms. The van der Waals surface area contributed by atoms with Crippen molar-refractivity contribution in [1.82, 2.24) is 5.32 Å². The summed E-state index contributed by atoms with van der Waals surface area (Å²) < 4.78 is 4.84. The topological polar surface area (TPSA) is 74.1 Å². The largest absolute Gasteiger partial charge is 0.387 e. The van der Waals surface area contributed by atoms with Crippen LogP contribution in [0.3, 0.4) is 0 Å². The van der Waals surface area contributed by atoms with Gasteiger partial charge in [0.2, 0.25) is 0 Å². The molecule has 0 heterocycles. The number of anilines is 1. The van der Waals surface area contributed by atoms with Crippen molar-refractivity contribution in [1.29, 1.82) is 5.26 Å². The van der Waals surface area contributed by atoms with Gasteiger partial charge in [0.1, 0.15) is 11.6 Å². The standard InChI is InChI=1S/C13H13Cl2N3O2/c1-20-5-4-17-8-9(7-16)13(19)18-12-3-2-10(14)6-11(12)15/h2-3,6,8,17H,4-5H2,1H3,(H,18,19)/b9-8-. The second-order valence-electron chi connectivity index (χ2n) is 3.70. The van der Waals surface area contributed by atoms with Gasteiger partial charge in [0.25, 0.3) is 5.91 Å². The number of hydrogen-bond donors (Lipinski definition) is 2. The van der Waals surface area contributed by atoms with Crippen LogP contribution in [-0.4, -0.2) is 26.2 Å². The quantitative estimate of drug-likeness (QED) is 0.481. The molecule has 0 aliphatic rings. The first-order chi connectivity index (χ1) is 9.58. The smallest absolute Gasteiger partial charge is 0.267 e. The Bertz CT molecular complexity index is 553. The summed E-state index contributed by atoms with van der Waals surface area (Å²) in [4.78, 5) is 11.9. The Kier molecular flexibility index (Phi) is 6.88. The van der Waals surface area contributed by atoms with Crippen LogP contribution in [-0.2, 0) is 9.53 Å². The van der Waals surface area contributed by atoms with Crippen LogP contribution in [0.1, 0.15) is 0 Å². The molecule has 1 rings (SSSR count). The molecule has 5 nitrogen and oxygen atoms in total. The van der Waals surface area contributed by atoms with Crippen LogP contribution in [0.25, 0.3) is 0 Å². The molecular formula is C13H13Cl2N3O2. The van der Waals surface area contributed by atoms with Gasteiger partial charge >= 0.3 is 0 Å². The highest BCUT2D eigenvalue weighted by molar-refractivity contribution is 6.36. The number of hydrogen-bond acceptors (Lipinski definition) is 4. The molecule has 20 heavy (non-hydrogen) atoms. The van der Waals surface area contributed by atoms with Gasteiger partial charge in [-0.3, -0.25) is 4.79 Å². The summed E-state index contributed by atoms with van der Waals surface area (Å²) in [6, 6.07) is 6.47. The molecule has 0 radical (unpaired) electrons. The van der Waals surface area contributed by atoms with Crippen molar-refractivity contribution in [2.45, 2.75) is 0 Å². The average Bonchev–Trinajstić information content (AvgIpc) is 2.42. The van der Waals surface area contributed by atoms with E-state index in [0.29, 0.717) is 28.9 Å². The maximum atomic E-state index is 11.9. The molecule has 0 aliphatic heterocycles. The minimum atomic E-state index is -0.554. The normalized spacial score (nSPS) is 10.8. The Balaban J connectivity index is 2.70. The zero-order valence-corrected chi connectivity index (χ0v) is 12.3.